The van der Waals surface area contributed by atoms with E-state index in [9.17, 15) is 9.59 Å². The summed E-state index contributed by atoms with van der Waals surface area (Å²) in [7, 11) is 0. The maximum Gasteiger partial charge on any atom is 0.407 e. The number of amides is 2. The summed E-state index contributed by atoms with van der Waals surface area (Å²) in [4.78, 5) is 28.9. The standard InChI is InChI=1S/C19H28N4O3/c1-6-19(7-2,13-21-17(25)26-18(3,4)5)22-16(24)14-8-9-15-20-10-11-23(15)12-14/h8-12H,6-7,13H2,1-5H3,(H,21,25)(H,22,24). The maximum atomic E-state index is 12.7. The van der Waals surface area contributed by atoms with E-state index in [0.717, 1.165) is 5.65 Å². The smallest absolute Gasteiger partial charge is 0.407 e. The molecular weight excluding hydrogens is 332 g/mol. The van der Waals surface area contributed by atoms with Gasteiger partial charge in [-0.25, -0.2) is 9.78 Å². The molecule has 0 spiro atoms. The Morgan fingerprint density at radius 1 is 1.19 bits per heavy atom. The van der Waals surface area contributed by atoms with Crippen LogP contribution < -0.4 is 10.6 Å². The van der Waals surface area contributed by atoms with Crippen molar-refractivity contribution in [1.82, 2.24) is 20.0 Å². The number of alkyl carbamates (subject to hydrolysis) is 1. The molecule has 26 heavy (non-hydrogen) atoms. The van der Waals surface area contributed by atoms with Gasteiger partial charge in [-0.3, -0.25) is 4.79 Å². The number of imidazole rings is 1. The van der Waals surface area contributed by atoms with Gasteiger partial charge in [0.15, 0.2) is 0 Å². The zero-order chi connectivity index (χ0) is 19.4. The van der Waals surface area contributed by atoms with Gasteiger partial charge in [0.2, 0.25) is 0 Å². The molecule has 142 valence electrons. The summed E-state index contributed by atoms with van der Waals surface area (Å²) in [6.07, 6.45) is 6.09. The first-order chi connectivity index (χ1) is 12.2. The van der Waals surface area contributed by atoms with Gasteiger partial charge in [0.05, 0.1) is 11.1 Å². The molecule has 2 heterocycles. The van der Waals surface area contributed by atoms with Gasteiger partial charge in [-0.1, -0.05) is 13.8 Å². The number of rotatable bonds is 6. The number of nitrogens with zero attached hydrogens (tertiary/aromatic N) is 2. The Bertz CT molecular complexity index is 772. The molecule has 7 nitrogen and oxygen atoms in total. The van der Waals surface area contributed by atoms with E-state index in [2.05, 4.69) is 15.6 Å². The van der Waals surface area contributed by atoms with Crippen molar-refractivity contribution in [3.8, 4) is 0 Å². The van der Waals surface area contributed by atoms with Crippen molar-refractivity contribution in [2.75, 3.05) is 6.54 Å². The molecule has 0 atom stereocenters. The number of carbonyl (C=O) groups excluding carboxylic acids is 2. The number of nitrogens with one attached hydrogen (secondary N) is 2. The molecule has 7 heteroatoms. The summed E-state index contributed by atoms with van der Waals surface area (Å²) < 4.78 is 7.08. The summed E-state index contributed by atoms with van der Waals surface area (Å²) in [6.45, 7) is 9.71. The van der Waals surface area contributed by atoms with E-state index in [4.69, 9.17) is 4.74 Å². The van der Waals surface area contributed by atoms with Crippen LogP contribution in [0.4, 0.5) is 4.79 Å². The number of carbonyl (C=O) groups is 2. The van der Waals surface area contributed by atoms with Crippen molar-refractivity contribution in [3.63, 3.8) is 0 Å². The average Bonchev–Trinajstić information content (AvgIpc) is 3.04. The molecule has 0 radical (unpaired) electrons. The lowest BCUT2D eigenvalue weighted by Crippen LogP contribution is -2.55. The van der Waals surface area contributed by atoms with Crippen LogP contribution in [-0.2, 0) is 4.74 Å². The van der Waals surface area contributed by atoms with E-state index in [0.29, 0.717) is 24.9 Å². The highest BCUT2D eigenvalue weighted by molar-refractivity contribution is 5.94. The average molecular weight is 360 g/mol. The van der Waals surface area contributed by atoms with Gasteiger partial charge in [-0.15, -0.1) is 0 Å². The van der Waals surface area contributed by atoms with E-state index in [1.54, 1.807) is 35.1 Å². The van der Waals surface area contributed by atoms with Crippen LogP contribution in [0.5, 0.6) is 0 Å². The molecule has 2 amide bonds. The first-order valence-corrected chi connectivity index (χ1v) is 8.90. The molecule has 0 aliphatic carbocycles. The quantitative estimate of drug-likeness (QED) is 0.829. The van der Waals surface area contributed by atoms with Gasteiger partial charge in [0.1, 0.15) is 11.2 Å². The second-order valence-corrected chi connectivity index (χ2v) is 7.41. The Hall–Kier alpha value is -2.57. The molecule has 0 aromatic carbocycles. The molecule has 0 saturated carbocycles. The van der Waals surface area contributed by atoms with Gasteiger partial charge in [0.25, 0.3) is 5.91 Å². The minimum absolute atomic E-state index is 0.185. The van der Waals surface area contributed by atoms with E-state index < -0.39 is 17.2 Å². The minimum Gasteiger partial charge on any atom is -0.444 e. The fraction of sp³-hybridized carbons (Fsp3) is 0.526. The summed E-state index contributed by atoms with van der Waals surface area (Å²) >= 11 is 0. The van der Waals surface area contributed by atoms with Crippen LogP contribution in [-0.4, -0.2) is 39.1 Å². The van der Waals surface area contributed by atoms with Crippen molar-refractivity contribution in [1.29, 1.82) is 0 Å². The van der Waals surface area contributed by atoms with Gasteiger partial charge in [-0.05, 0) is 45.7 Å². The maximum absolute atomic E-state index is 12.7. The van der Waals surface area contributed by atoms with Gasteiger partial charge >= 0.3 is 6.09 Å². The van der Waals surface area contributed by atoms with Crippen molar-refractivity contribution in [3.05, 3.63) is 36.3 Å². The third-order valence-electron chi connectivity index (χ3n) is 4.35. The summed E-state index contributed by atoms with van der Waals surface area (Å²) in [5, 5.41) is 5.85. The van der Waals surface area contributed by atoms with Crippen LogP contribution in [0.1, 0.15) is 57.8 Å². The highest BCUT2D eigenvalue weighted by Crippen LogP contribution is 2.16. The van der Waals surface area contributed by atoms with E-state index in [-0.39, 0.29) is 5.91 Å². The molecular formula is C19H28N4O3. The predicted octanol–water partition coefficient (Wildman–Crippen LogP) is 3.15. The van der Waals surface area contributed by atoms with Crippen molar-refractivity contribution in [2.24, 2.45) is 0 Å². The molecule has 2 rings (SSSR count). The Morgan fingerprint density at radius 3 is 2.50 bits per heavy atom. The van der Waals surface area contributed by atoms with Crippen LogP contribution in [0.15, 0.2) is 30.7 Å². The number of fused-ring (bicyclic) bond motifs is 1. The van der Waals surface area contributed by atoms with Crippen LogP contribution in [0.3, 0.4) is 0 Å². The monoisotopic (exact) mass is 360 g/mol. The second kappa shape index (κ2) is 7.76. The lowest BCUT2D eigenvalue weighted by atomic mass is 9.92. The fourth-order valence-corrected chi connectivity index (χ4v) is 2.64. The topological polar surface area (TPSA) is 84.7 Å². The Kier molecular flexibility index (Phi) is 5.90. The van der Waals surface area contributed by atoms with E-state index in [1.165, 1.54) is 0 Å². The van der Waals surface area contributed by atoms with E-state index >= 15 is 0 Å². The predicted molar refractivity (Wildman–Crippen MR) is 100 cm³/mol. The van der Waals surface area contributed by atoms with Crippen LogP contribution in [0.2, 0.25) is 0 Å². The minimum atomic E-state index is -0.561. The Balaban J connectivity index is 2.07. The third kappa shape index (κ3) is 4.97. The highest BCUT2D eigenvalue weighted by Gasteiger charge is 2.30. The number of hydrogen-bond acceptors (Lipinski definition) is 4. The highest BCUT2D eigenvalue weighted by atomic mass is 16.6. The number of pyridine rings is 1. The summed E-state index contributed by atoms with van der Waals surface area (Å²) in [6, 6.07) is 3.54. The van der Waals surface area contributed by atoms with Crippen molar-refractivity contribution < 1.29 is 14.3 Å². The second-order valence-electron chi connectivity index (χ2n) is 7.41. The van der Waals surface area contributed by atoms with E-state index in [1.807, 2.05) is 34.6 Å². The van der Waals surface area contributed by atoms with Crippen LogP contribution in [0.25, 0.3) is 5.65 Å². The third-order valence-corrected chi connectivity index (χ3v) is 4.35. The first-order valence-electron chi connectivity index (χ1n) is 8.90. The molecule has 0 aliphatic rings. The van der Waals surface area contributed by atoms with Crippen LogP contribution >= 0.6 is 0 Å². The molecule has 0 aliphatic heterocycles. The van der Waals surface area contributed by atoms with Crippen molar-refractivity contribution in [2.45, 2.75) is 58.6 Å². The summed E-state index contributed by atoms with van der Waals surface area (Å²) in [5.74, 6) is -0.185. The first kappa shape index (κ1) is 19.8. The van der Waals surface area contributed by atoms with Crippen molar-refractivity contribution >= 4 is 17.6 Å². The molecule has 0 fully saturated rings. The van der Waals surface area contributed by atoms with Gasteiger partial charge < -0.3 is 19.8 Å². The largest absolute Gasteiger partial charge is 0.444 e. The fourth-order valence-electron chi connectivity index (χ4n) is 2.64. The summed E-state index contributed by atoms with van der Waals surface area (Å²) in [5.41, 5.74) is 0.219. The molecule has 2 aromatic rings. The lowest BCUT2D eigenvalue weighted by Gasteiger charge is -2.33. The zero-order valence-corrected chi connectivity index (χ0v) is 16.1. The molecule has 0 saturated heterocycles. The Labute approximate surface area is 154 Å². The molecule has 0 unspecified atom stereocenters. The van der Waals surface area contributed by atoms with Gasteiger partial charge in [0, 0.05) is 25.1 Å². The molecule has 0 bridgehead atoms. The Morgan fingerprint density at radius 2 is 1.88 bits per heavy atom. The lowest BCUT2D eigenvalue weighted by molar-refractivity contribution is 0.0501. The molecule has 2 aromatic heterocycles. The SMILES string of the molecule is CCC(CC)(CNC(=O)OC(C)(C)C)NC(=O)c1ccc2nccn2c1. The number of aromatic nitrogens is 2. The van der Waals surface area contributed by atoms with Crippen LogP contribution in [0, 0.1) is 0 Å². The zero-order valence-electron chi connectivity index (χ0n) is 16.1. The van der Waals surface area contributed by atoms with Gasteiger partial charge in [-0.2, -0.15) is 0 Å². The normalized spacial score (nSPS) is 12.0. The number of hydrogen-bond donors (Lipinski definition) is 2. The number of ether oxygens (including phenoxy) is 1. The molecule has 2 N–H and O–H groups in total.